The molecule has 1 aliphatic carbocycles. The lowest BCUT2D eigenvalue weighted by atomic mass is 9.65. The molecule has 1 spiro atoms. The molecule has 3 aromatic carbocycles. The lowest BCUT2D eigenvalue weighted by Crippen LogP contribution is -2.64. The van der Waals surface area contributed by atoms with Crippen molar-refractivity contribution < 1.29 is 51.6 Å². The number of benzene rings is 3. The van der Waals surface area contributed by atoms with Crippen LogP contribution in [0.15, 0.2) is 48.7 Å². The van der Waals surface area contributed by atoms with Crippen molar-refractivity contribution >= 4 is 65.2 Å². The Bertz CT molecular complexity index is 3750. The normalized spacial score (nSPS) is 21.0. The lowest BCUT2D eigenvalue weighted by molar-refractivity contribution is -0.120. The van der Waals surface area contributed by atoms with E-state index in [-0.39, 0.29) is 101 Å². The predicted molar refractivity (Wildman–Crippen MR) is 373 cm³/mol. The SMILES string of the molecule is CCC12CCC(CN(c3nc(OC[C@H](C)CN4CCN(CC5CCC6(CC5)CCN(C(=O)c5ccc(OC)c(N7CCC(=O)NC7=O)c5)CC6)CC4)nc4c(F)c(-c5cc(OCOC)cc6ccc(F)c(C#C[Si](C(C)C)(C(C)C)C(C)C)c56)ncc34)C1)N2C(=O)OC(C)(C)C. The maximum Gasteiger partial charge on any atom is 0.411 e. The fraction of sp³-hybridized carbons (Fsp3) is 0.608. The Morgan fingerprint density at radius 1 is 0.833 bits per heavy atom. The molecule has 22 heteroatoms. The quantitative estimate of drug-likeness (QED) is 0.0467. The highest BCUT2D eigenvalue weighted by atomic mass is 28.3. The number of amides is 5. The second kappa shape index (κ2) is 28.7. The summed E-state index contributed by atoms with van der Waals surface area (Å²) < 4.78 is 64.6. The highest BCUT2D eigenvalue weighted by Gasteiger charge is 2.54. The van der Waals surface area contributed by atoms with Crippen molar-refractivity contribution in [2.24, 2.45) is 17.3 Å². The molecule has 2 unspecified atom stereocenters. The first-order chi connectivity index (χ1) is 45.8. The van der Waals surface area contributed by atoms with Gasteiger partial charge >= 0.3 is 18.1 Å². The number of carbonyl (C=O) groups is 4. The van der Waals surface area contributed by atoms with Gasteiger partial charge in [-0.05, 0) is 148 Å². The van der Waals surface area contributed by atoms with Crippen molar-refractivity contribution in [3.8, 4) is 40.2 Å². The number of nitrogens with zero attached hydrogens (tertiary/aromatic N) is 9. The number of anilines is 2. The van der Waals surface area contributed by atoms with E-state index in [1.807, 2.05) is 30.6 Å². The van der Waals surface area contributed by atoms with Crippen LogP contribution in [-0.2, 0) is 14.3 Å². The number of aromatic nitrogens is 3. The van der Waals surface area contributed by atoms with Crippen LogP contribution < -0.4 is 29.3 Å². The minimum atomic E-state index is -2.37. The summed E-state index contributed by atoms with van der Waals surface area (Å²) in [7, 11) is 0.684. The molecule has 7 heterocycles. The summed E-state index contributed by atoms with van der Waals surface area (Å²) >= 11 is 0. The van der Waals surface area contributed by atoms with E-state index >= 15 is 8.78 Å². The summed E-state index contributed by atoms with van der Waals surface area (Å²) in [5.74, 6) is 3.76. The third-order valence-electron chi connectivity index (χ3n) is 21.9. The zero-order valence-corrected chi connectivity index (χ0v) is 59.8. The summed E-state index contributed by atoms with van der Waals surface area (Å²) in [5.41, 5.74) is 4.96. The number of halogens is 2. The van der Waals surface area contributed by atoms with Gasteiger partial charge in [-0.2, -0.15) is 9.97 Å². The molecule has 3 atom stereocenters. The van der Waals surface area contributed by atoms with Gasteiger partial charge in [-0.25, -0.2) is 18.4 Å². The van der Waals surface area contributed by atoms with Crippen molar-refractivity contribution in [2.75, 3.05) is 109 Å². The van der Waals surface area contributed by atoms with Gasteiger partial charge in [0.1, 0.15) is 48.0 Å². The number of urea groups is 1. The monoisotopic (exact) mass is 1340 g/mol. The summed E-state index contributed by atoms with van der Waals surface area (Å²) in [4.78, 5) is 80.1. The smallest absolute Gasteiger partial charge is 0.411 e. The number of fused-ring (bicyclic) bond motifs is 4. The van der Waals surface area contributed by atoms with Gasteiger partial charge in [0.25, 0.3) is 5.91 Å². The second-order valence-electron chi connectivity index (χ2n) is 30.1. The van der Waals surface area contributed by atoms with Gasteiger partial charge in [0.15, 0.2) is 12.6 Å². The fourth-order valence-corrected chi connectivity index (χ4v) is 22.0. The third kappa shape index (κ3) is 14.4. The van der Waals surface area contributed by atoms with E-state index in [9.17, 15) is 19.2 Å². The van der Waals surface area contributed by atoms with Crippen LogP contribution in [0.5, 0.6) is 17.5 Å². The molecule has 96 heavy (non-hydrogen) atoms. The van der Waals surface area contributed by atoms with Crippen molar-refractivity contribution in [3.05, 3.63) is 71.4 Å². The molecule has 11 rings (SSSR count). The number of carbonyl (C=O) groups excluding carboxylic acids is 4. The number of pyridine rings is 1. The minimum Gasteiger partial charge on any atom is -0.495 e. The number of ether oxygens (including phenoxy) is 5. The van der Waals surface area contributed by atoms with Gasteiger partial charge in [0, 0.05) is 114 Å². The summed E-state index contributed by atoms with van der Waals surface area (Å²) in [6.45, 7) is 31.5. The topological polar surface area (TPSA) is 185 Å². The van der Waals surface area contributed by atoms with E-state index in [1.165, 1.54) is 38.0 Å². The largest absolute Gasteiger partial charge is 0.495 e. The Labute approximate surface area is 566 Å². The molecule has 6 aliphatic rings. The van der Waals surface area contributed by atoms with E-state index in [1.54, 1.807) is 42.6 Å². The molecule has 1 N–H and O–H groups in total. The Morgan fingerprint density at radius 2 is 1.54 bits per heavy atom. The fourth-order valence-electron chi connectivity index (χ4n) is 16.8. The molecule has 0 radical (unpaired) electrons. The number of hydrogen-bond acceptors (Lipinski definition) is 15. The van der Waals surface area contributed by atoms with Crippen molar-refractivity contribution in [3.63, 3.8) is 0 Å². The number of nitrogens with one attached hydrogen (secondary N) is 1. The van der Waals surface area contributed by atoms with Gasteiger partial charge in [0.05, 0.1) is 41.9 Å². The predicted octanol–water partition coefficient (Wildman–Crippen LogP) is 13.2. The summed E-state index contributed by atoms with van der Waals surface area (Å²) in [6, 6.07) is 11.0. The van der Waals surface area contributed by atoms with Crippen LogP contribution in [0.2, 0.25) is 16.6 Å². The van der Waals surface area contributed by atoms with Gasteiger partial charge < -0.3 is 43.3 Å². The van der Waals surface area contributed by atoms with Gasteiger partial charge in [-0.1, -0.05) is 67.4 Å². The number of methoxy groups -OCH3 is 2. The average Bonchev–Trinajstić information content (AvgIpc) is 1.44. The molecule has 5 aliphatic heterocycles. The highest BCUT2D eigenvalue weighted by Crippen LogP contribution is 2.49. The van der Waals surface area contributed by atoms with E-state index in [0.29, 0.717) is 88.8 Å². The van der Waals surface area contributed by atoms with E-state index in [0.717, 1.165) is 77.8 Å². The molecule has 6 fully saturated rings. The molecular formula is C74H100F2N10O9Si. The standard InChI is InChI=1S/C74H100F2N10O9Si/c1-14-74-26-21-54(86(74)71(90)95-72(9,10)11)43-84(45-74)67-58-40-77-65(57-39-55(94-46-91-12)37-52-15-17-59(75)56(63(52)57)23-36-96(47(2)3,48(4)5)49(6)7)64(76)66(58)79-69(80-67)93-44-50(8)41-81-32-34-82(35-33-81)42-51-19-24-73(25-20-51)27-30-83(31-28-73)68(88)53-16-18-61(92-13)60(38-53)85-29-22-62(87)78-70(85)89/h15-18,37-40,47-51,54H,14,19-22,24-35,41-46H2,1-13H3,(H,78,87,89)/t50-,54?,74?/m1/s1. The lowest BCUT2D eigenvalue weighted by Gasteiger charge is -2.49. The Kier molecular flexibility index (Phi) is 21.0. The van der Waals surface area contributed by atoms with Crippen LogP contribution in [0.1, 0.15) is 156 Å². The first kappa shape index (κ1) is 70.1. The molecule has 5 saturated heterocycles. The number of piperazine rings is 2. The molecule has 5 aromatic rings. The molecule has 2 bridgehead atoms. The molecule has 1 saturated carbocycles. The molecule has 2 aromatic heterocycles. The first-order valence-corrected chi connectivity index (χ1v) is 37.2. The maximum atomic E-state index is 18.4. The van der Waals surface area contributed by atoms with Crippen LogP contribution in [-0.4, -0.2) is 183 Å². The zero-order valence-electron chi connectivity index (χ0n) is 58.8. The van der Waals surface area contributed by atoms with Crippen molar-refractivity contribution in [2.45, 2.75) is 174 Å². The Balaban J connectivity index is 0.784. The van der Waals surface area contributed by atoms with Crippen LogP contribution in [0.25, 0.3) is 32.9 Å². The Hall–Kier alpha value is -7.19. The van der Waals surface area contributed by atoms with Crippen LogP contribution in [0.4, 0.5) is 29.9 Å². The number of imide groups is 1. The van der Waals surface area contributed by atoms with Crippen molar-refractivity contribution in [1.82, 2.24) is 39.9 Å². The van der Waals surface area contributed by atoms with Crippen molar-refractivity contribution in [1.29, 1.82) is 0 Å². The van der Waals surface area contributed by atoms with Gasteiger partial charge in [-0.3, -0.25) is 29.7 Å². The highest BCUT2D eigenvalue weighted by molar-refractivity contribution is 6.90. The average molecular weight is 1340 g/mol. The number of rotatable bonds is 19. The minimum absolute atomic E-state index is 0.00155. The van der Waals surface area contributed by atoms with E-state index in [4.69, 9.17) is 38.6 Å². The summed E-state index contributed by atoms with van der Waals surface area (Å²) in [5, 5.41) is 3.76. The first-order valence-electron chi connectivity index (χ1n) is 35.0. The number of likely N-dealkylation sites (tertiary alicyclic amines) is 1. The Morgan fingerprint density at radius 3 is 2.20 bits per heavy atom. The van der Waals surface area contributed by atoms with E-state index in [2.05, 4.69) is 86.9 Å². The molecule has 5 amide bonds. The number of piperidine rings is 1. The van der Waals surface area contributed by atoms with Crippen LogP contribution >= 0.6 is 0 Å². The summed E-state index contributed by atoms with van der Waals surface area (Å²) in [6.07, 6.45) is 10.3. The van der Waals surface area contributed by atoms with Crippen LogP contribution in [0, 0.1) is 40.3 Å². The number of hydrogen-bond donors (Lipinski definition) is 1. The zero-order chi connectivity index (χ0) is 68.6. The molecule has 518 valence electrons. The van der Waals surface area contributed by atoms with E-state index < -0.39 is 36.9 Å². The van der Waals surface area contributed by atoms with Crippen LogP contribution in [0.3, 0.4) is 0 Å². The molecule has 19 nitrogen and oxygen atoms in total. The molecular weight excluding hydrogens is 1240 g/mol. The van der Waals surface area contributed by atoms with Gasteiger partial charge in [-0.15, -0.1) is 5.54 Å². The van der Waals surface area contributed by atoms with Gasteiger partial charge in [0.2, 0.25) is 5.91 Å². The third-order valence-corrected chi connectivity index (χ3v) is 28.2. The maximum absolute atomic E-state index is 18.4. The second-order valence-corrected chi connectivity index (χ2v) is 35.7.